The summed E-state index contributed by atoms with van der Waals surface area (Å²) < 4.78 is 14.5. The number of hydrogen-bond acceptors (Lipinski definition) is 4. The average Bonchev–Trinajstić information content (AvgIpc) is 2.14. The molecule has 0 saturated carbocycles. The minimum absolute atomic E-state index is 0.0473. The molecule has 0 N–H and O–H groups in total. The second-order valence-electron chi connectivity index (χ2n) is 3.92. The predicted octanol–water partition coefficient (Wildman–Crippen LogP) is 2.46. The van der Waals surface area contributed by atoms with Crippen LogP contribution >= 0.6 is 4.65 Å². The SMILES string of the molecule is CCOC(=O)/C=C/[Se]P(=[Se])(OC(C)C)OC(C)C. The fraction of sp³-hybridized carbons (Fsp3) is 0.727. The van der Waals surface area contributed by atoms with Gasteiger partial charge < -0.3 is 0 Å². The van der Waals surface area contributed by atoms with E-state index in [2.05, 4.69) is 15.1 Å². The van der Waals surface area contributed by atoms with Gasteiger partial charge in [-0.1, -0.05) is 0 Å². The van der Waals surface area contributed by atoms with Gasteiger partial charge in [-0.3, -0.25) is 0 Å². The van der Waals surface area contributed by atoms with Crippen molar-refractivity contribution >= 4 is 40.2 Å². The Morgan fingerprint density at radius 2 is 1.78 bits per heavy atom. The van der Waals surface area contributed by atoms with E-state index in [0.717, 1.165) is 0 Å². The van der Waals surface area contributed by atoms with Crippen molar-refractivity contribution in [3.05, 3.63) is 11.1 Å². The third kappa shape index (κ3) is 9.52. The molecule has 0 rings (SSSR count). The molecule has 0 aliphatic rings. The van der Waals surface area contributed by atoms with Crippen LogP contribution in [0.25, 0.3) is 0 Å². The fourth-order valence-corrected chi connectivity index (χ4v) is 10.5. The van der Waals surface area contributed by atoms with Crippen molar-refractivity contribution in [3.63, 3.8) is 0 Å². The second-order valence-corrected chi connectivity index (χ2v) is 16.9. The van der Waals surface area contributed by atoms with E-state index in [1.165, 1.54) is 6.08 Å². The number of carbonyl (C=O) groups is 1. The van der Waals surface area contributed by atoms with Crippen LogP contribution in [-0.2, 0) is 18.6 Å². The third-order valence-corrected chi connectivity index (χ3v) is 10.8. The third-order valence-electron chi connectivity index (χ3n) is 1.36. The Balaban J connectivity index is 4.50. The van der Waals surface area contributed by atoms with E-state index >= 15 is 0 Å². The van der Waals surface area contributed by atoms with Gasteiger partial charge in [0.15, 0.2) is 0 Å². The van der Waals surface area contributed by atoms with Crippen LogP contribution in [-0.4, -0.2) is 54.4 Å². The molecule has 4 nitrogen and oxygen atoms in total. The van der Waals surface area contributed by atoms with Crippen molar-refractivity contribution in [2.45, 2.75) is 46.8 Å². The Bertz CT molecular complexity index is 315. The summed E-state index contributed by atoms with van der Waals surface area (Å²) in [6.45, 7) is 10.1. The van der Waals surface area contributed by atoms with E-state index in [1.54, 1.807) is 11.9 Å². The molecule has 0 aromatic rings. The van der Waals surface area contributed by atoms with E-state index < -0.39 is 4.65 Å². The average molecular weight is 406 g/mol. The van der Waals surface area contributed by atoms with Gasteiger partial charge in [0.05, 0.1) is 0 Å². The van der Waals surface area contributed by atoms with Crippen LogP contribution in [0.2, 0.25) is 0 Å². The summed E-state index contributed by atoms with van der Waals surface area (Å²) in [6.07, 6.45) is 1.63. The molecule has 0 spiro atoms. The van der Waals surface area contributed by atoms with Gasteiger partial charge in [-0.05, 0) is 0 Å². The summed E-state index contributed by atoms with van der Waals surface area (Å²) >= 11 is 3.00. The Kier molecular flexibility index (Phi) is 9.81. The van der Waals surface area contributed by atoms with E-state index in [0.29, 0.717) is 6.61 Å². The van der Waals surface area contributed by atoms with Crippen LogP contribution in [0.15, 0.2) is 11.1 Å². The quantitative estimate of drug-likeness (QED) is 0.269. The van der Waals surface area contributed by atoms with Crippen LogP contribution in [0, 0.1) is 0 Å². The van der Waals surface area contributed by atoms with Crippen molar-refractivity contribution < 1.29 is 18.6 Å². The Morgan fingerprint density at radius 3 is 2.17 bits per heavy atom. The van der Waals surface area contributed by atoms with Crippen LogP contribution in [0.4, 0.5) is 0 Å². The molecule has 0 aromatic carbocycles. The number of ether oxygens (including phenoxy) is 1. The number of carbonyl (C=O) groups excluding carboxylic acids is 1. The predicted molar refractivity (Wildman–Crippen MR) is 76.6 cm³/mol. The summed E-state index contributed by atoms with van der Waals surface area (Å²) in [5, 5.41) is 0. The van der Waals surface area contributed by atoms with Gasteiger partial charge in [0.1, 0.15) is 0 Å². The summed E-state index contributed by atoms with van der Waals surface area (Å²) in [5.74, 6) is -0.319. The zero-order valence-electron chi connectivity index (χ0n) is 11.4. The molecule has 7 heteroatoms. The maximum atomic E-state index is 11.2. The van der Waals surface area contributed by atoms with Gasteiger partial charge in [-0.25, -0.2) is 0 Å². The molecule has 0 bridgehead atoms. The zero-order chi connectivity index (χ0) is 14.2. The first-order valence-corrected chi connectivity index (χ1v) is 12.8. The number of hydrogen-bond donors (Lipinski definition) is 0. The van der Waals surface area contributed by atoms with Crippen LogP contribution in [0.1, 0.15) is 34.6 Å². The summed E-state index contributed by atoms with van der Waals surface area (Å²) in [5.41, 5.74) is 0. The van der Waals surface area contributed by atoms with E-state index in [9.17, 15) is 4.79 Å². The van der Waals surface area contributed by atoms with Crippen molar-refractivity contribution in [2.24, 2.45) is 0 Å². The first-order chi connectivity index (χ1) is 8.29. The van der Waals surface area contributed by atoms with E-state index in [4.69, 9.17) is 13.8 Å². The summed E-state index contributed by atoms with van der Waals surface area (Å²) in [6, 6.07) is 0. The Hall–Kier alpha value is 0.599. The first-order valence-electron chi connectivity index (χ1n) is 5.77. The Morgan fingerprint density at radius 1 is 1.28 bits per heavy atom. The van der Waals surface area contributed by atoms with Gasteiger partial charge >= 0.3 is 123 Å². The molecule has 0 aliphatic heterocycles. The standard InChI is InChI=1S/C11H21O4PSe2/c1-6-13-11(12)7-8-18-16(17,14-9(2)3)15-10(4)5/h7-10H,6H2,1-5H3/b8-7+. The molecule has 0 radical (unpaired) electrons. The monoisotopic (exact) mass is 408 g/mol. The number of rotatable bonds is 8. The van der Waals surface area contributed by atoms with Gasteiger partial charge in [0.2, 0.25) is 0 Å². The van der Waals surface area contributed by atoms with E-state index in [1.807, 2.05) is 27.7 Å². The summed E-state index contributed by atoms with van der Waals surface area (Å²) in [4.78, 5) is 13.0. The van der Waals surface area contributed by atoms with Crippen molar-refractivity contribution in [1.29, 1.82) is 0 Å². The molecular weight excluding hydrogens is 385 g/mol. The van der Waals surface area contributed by atoms with Crippen molar-refractivity contribution in [3.8, 4) is 0 Å². The van der Waals surface area contributed by atoms with Crippen LogP contribution in [0.3, 0.4) is 0 Å². The van der Waals surface area contributed by atoms with Gasteiger partial charge in [0.25, 0.3) is 0 Å². The molecule has 0 amide bonds. The van der Waals surface area contributed by atoms with Crippen LogP contribution in [0.5, 0.6) is 0 Å². The van der Waals surface area contributed by atoms with Gasteiger partial charge in [0, 0.05) is 0 Å². The zero-order valence-corrected chi connectivity index (χ0v) is 15.7. The molecule has 0 unspecified atom stereocenters. The molecule has 106 valence electrons. The maximum absolute atomic E-state index is 11.2. The normalized spacial score (nSPS) is 12.6. The second kappa shape index (κ2) is 9.49. The minimum atomic E-state index is -2.01. The van der Waals surface area contributed by atoms with E-state index in [-0.39, 0.29) is 32.7 Å². The first kappa shape index (κ1) is 18.6. The molecule has 0 saturated heterocycles. The molecule has 0 heterocycles. The van der Waals surface area contributed by atoms with Crippen molar-refractivity contribution in [2.75, 3.05) is 6.61 Å². The molecule has 0 atom stereocenters. The molecule has 0 fully saturated rings. The summed E-state index contributed by atoms with van der Waals surface area (Å²) in [7, 11) is 0. The fourth-order valence-electron chi connectivity index (χ4n) is 0.942. The molecular formula is C11H21O4PSe2. The number of esters is 1. The topological polar surface area (TPSA) is 44.8 Å². The van der Waals surface area contributed by atoms with Gasteiger partial charge in [-0.2, -0.15) is 0 Å². The molecule has 0 aromatic heterocycles. The van der Waals surface area contributed by atoms with Gasteiger partial charge in [-0.15, -0.1) is 0 Å². The molecule has 18 heavy (non-hydrogen) atoms. The Labute approximate surface area is 123 Å². The molecule has 0 aliphatic carbocycles. The van der Waals surface area contributed by atoms with Crippen molar-refractivity contribution in [1.82, 2.24) is 0 Å². The van der Waals surface area contributed by atoms with Crippen LogP contribution < -0.4 is 0 Å².